The van der Waals surface area contributed by atoms with Gasteiger partial charge in [-0.3, -0.25) is 4.79 Å². The largest absolute Gasteiger partial charge is 0.366 e. The molecule has 17 heavy (non-hydrogen) atoms. The van der Waals surface area contributed by atoms with E-state index in [1.165, 1.54) is 6.42 Å². The molecule has 0 radical (unpaired) electrons. The number of likely N-dealkylation sites (tertiary alicyclic amines) is 1. The summed E-state index contributed by atoms with van der Waals surface area (Å²) in [6.45, 7) is 12.4. The van der Waals surface area contributed by atoms with Crippen molar-refractivity contribution < 1.29 is 9.53 Å². The second-order valence-electron chi connectivity index (χ2n) is 5.75. The number of carbonyl (C=O) groups is 1. The van der Waals surface area contributed by atoms with Gasteiger partial charge in [-0.15, -0.1) is 0 Å². The minimum Gasteiger partial charge on any atom is -0.366 e. The van der Waals surface area contributed by atoms with Crippen LogP contribution in [0.15, 0.2) is 0 Å². The number of rotatable bonds is 5. The summed E-state index contributed by atoms with van der Waals surface area (Å²) in [5.74, 6) is 0.600. The summed E-state index contributed by atoms with van der Waals surface area (Å²) in [7, 11) is 0. The molecule has 4 nitrogen and oxygen atoms in total. The minimum absolute atomic E-state index is 0.00475. The van der Waals surface area contributed by atoms with E-state index in [4.69, 9.17) is 4.74 Å². The molecule has 1 saturated heterocycles. The van der Waals surface area contributed by atoms with Crippen LogP contribution in [0.3, 0.4) is 0 Å². The summed E-state index contributed by atoms with van der Waals surface area (Å²) in [5.41, 5.74) is -0.246. The van der Waals surface area contributed by atoms with Gasteiger partial charge in [-0.1, -0.05) is 6.92 Å². The van der Waals surface area contributed by atoms with Crippen LogP contribution in [0.2, 0.25) is 0 Å². The highest BCUT2D eigenvalue weighted by molar-refractivity contribution is 5.77. The van der Waals surface area contributed by atoms with Gasteiger partial charge in [0.05, 0.1) is 5.60 Å². The van der Waals surface area contributed by atoms with Gasteiger partial charge in [0.25, 0.3) is 0 Å². The summed E-state index contributed by atoms with van der Waals surface area (Å²) >= 11 is 0. The predicted molar refractivity (Wildman–Crippen MR) is 68.9 cm³/mol. The lowest BCUT2D eigenvalue weighted by molar-refractivity contribution is -0.130. The van der Waals surface area contributed by atoms with Crippen molar-refractivity contribution >= 4 is 5.91 Å². The van der Waals surface area contributed by atoms with Crippen molar-refractivity contribution in [2.75, 3.05) is 32.8 Å². The van der Waals surface area contributed by atoms with Crippen molar-refractivity contribution in [1.82, 2.24) is 10.2 Å². The lowest BCUT2D eigenvalue weighted by atomic mass is 10.1. The summed E-state index contributed by atoms with van der Waals surface area (Å²) < 4.78 is 5.43. The molecule has 0 saturated carbocycles. The van der Waals surface area contributed by atoms with Crippen molar-refractivity contribution in [2.24, 2.45) is 5.92 Å². The number of hydrogen-bond acceptors (Lipinski definition) is 3. The quantitative estimate of drug-likeness (QED) is 0.789. The van der Waals surface area contributed by atoms with Crippen LogP contribution in [0.1, 0.15) is 34.1 Å². The highest BCUT2D eigenvalue weighted by Crippen LogP contribution is 2.14. The first-order valence-electron chi connectivity index (χ1n) is 6.53. The molecule has 1 aliphatic rings. The van der Waals surface area contributed by atoms with Crippen molar-refractivity contribution in [1.29, 1.82) is 0 Å². The predicted octanol–water partition coefficient (Wildman–Crippen LogP) is 1.26. The molecule has 0 aliphatic carbocycles. The van der Waals surface area contributed by atoms with E-state index in [-0.39, 0.29) is 18.1 Å². The highest BCUT2D eigenvalue weighted by Gasteiger charge is 2.21. The van der Waals surface area contributed by atoms with E-state index in [1.807, 2.05) is 20.8 Å². The lowest BCUT2D eigenvalue weighted by Crippen LogP contribution is -2.35. The summed E-state index contributed by atoms with van der Waals surface area (Å²) in [6, 6.07) is 0. The van der Waals surface area contributed by atoms with Crippen LogP contribution in [0.5, 0.6) is 0 Å². The topological polar surface area (TPSA) is 41.6 Å². The second kappa shape index (κ2) is 6.36. The Hall–Kier alpha value is -0.610. The van der Waals surface area contributed by atoms with E-state index in [9.17, 15) is 4.79 Å². The Morgan fingerprint density at radius 2 is 2.18 bits per heavy atom. The van der Waals surface area contributed by atoms with Gasteiger partial charge in [-0.25, -0.2) is 0 Å². The van der Waals surface area contributed by atoms with Gasteiger partial charge in [0.1, 0.15) is 6.61 Å². The molecular formula is C13H26N2O2. The molecule has 0 bridgehead atoms. The number of carbonyl (C=O) groups excluding carboxylic acids is 1. The molecule has 100 valence electrons. The fourth-order valence-corrected chi connectivity index (χ4v) is 1.96. The van der Waals surface area contributed by atoms with E-state index in [0.29, 0.717) is 5.92 Å². The van der Waals surface area contributed by atoms with Crippen LogP contribution in [0.4, 0.5) is 0 Å². The van der Waals surface area contributed by atoms with Crippen molar-refractivity contribution in [2.45, 2.75) is 39.7 Å². The first-order valence-corrected chi connectivity index (χ1v) is 6.53. The van der Waals surface area contributed by atoms with Gasteiger partial charge >= 0.3 is 0 Å². The zero-order chi connectivity index (χ0) is 12.9. The number of nitrogens with zero attached hydrogens (tertiary/aromatic N) is 1. The molecule has 0 aromatic heterocycles. The highest BCUT2D eigenvalue weighted by atomic mass is 16.5. The van der Waals surface area contributed by atoms with Crippen LogP contribution >= 0.6 is 0 Å². The number of ether oxygens (including phenoxy) is 1. The molecule has 1 aliphatic heterocycles. The van der Waals surface area contributed by atoms with Crippen molar-refractivity contribution in [3.05, 3.63) is 0 Å². The summed E-state index contributed by atoms with van der Waals surface area (Å²) in [5, 5.41) is 2.95. The maximum atomic E-state index is 11.5. The van der Waals surface area contributed by atoms with Crippen LogP contribution < -0.4 is 5.32 Å². The molecule has 1 unspecified atom stereocenters. The number of amides is 1. The van der Waals surface area contributed by atoms with Crippen molar-refractivity contribution in [3.63, 3.8) is 0 Å². The van der Waals surface area contributed by atoms with Gasteiger partial charge in [0.15, 0.2) is 0 Å². The fraction of sp³-hybridized carbons (Fsp3) is 0.923. The Bertz CT molecular complexity index is 248. The Balaban J connectivity index is 2.12. The third-order valence-corrected chi connectivity index (χ3v) is 3.04. The number of hydrogen-bond donors (Lipinski definition) is 1. The van der Waals surface area contributed by atoms with E-state index in [2.05, 4.69) is 17.1 Å². The molecule has 0 aromatic carbocycles. The third-order valence-electron chi connectivity index (χ3n) is 3.04. The Labute approximate surface area is 105 Å². The summed E-state index contributed by atoms with van der Waals surface area (Å²) in [6.07, 6.45) is 1.19. The minimum atomic E-state index is -0.246. The normalized spacial score (nSPS) is 21.8. The van der Waals surface area contributed by atoms with E-state index in [1.54, 1.807) is 0 Å². The number of nitrogens with one attached hydrogen (secondary N) is 1. The molecule has 1 rings (SSSR count). The molecule has 1 fully saturated rings. The monoisotopic (exact) mass is 242 g/mol. The van der Waals surface area contributed by atoms with Gasteiger partial charge < -0.3 is 15.0 Å². The van der Waals surface area contributed by atoms with Gasteiger partial charge in [0.2, 0.25) is 5.91 Å². The Morgan fingerprint density at radius 3 is 2.71 bits per heavy atom. The van der Waals surface area contributed by atoms with Crippen LogP contribution in [0, 0.1) is 5.92 Å². The van der Waals surface area contributed by atoms with E-state index < -0.39 is 0 Å². The van der Waals surface area contributed by atoms with Gasteiger partial charge in [-0.05, 0) is 46.2 Å². The summed E-state index contributed by atoms with van der Waals surface area (Å²) in [4.78, 5) is 14.0. The molecule has 4 heteroatoms. The van der Waals surface area contributed by atoms with Crippen LogP contribution in [-0.2, 0) is 9.53 Å². The molecule has 0 spiro atoms. The standard InChI is InChI=1S/C13H26N2O2/c1-5-15-7-6-11(9-15)8-14-12(16)10-17-13(2,3)4/h11H,5-10H2,1-4H3,(H,14,16). The maximum Gasteiger partial charge on any atom is 0.246 e. The third kappa shape index (κ3) is 6.03. The molecule has 1 atom stereocenters. The van der Waals surface area contributed by atoms with E-state index in [0.717, 1.165) is 26.2 Å². The molecular weight excluding hydrogens is 216 g/mol. The first kappa shape index (κ1) is 14.5. The second-order valence-corrected chi connectivity index (χ2v) is 5.75. The maximum absolute atomic E-state index is 11.5. The average Bonchev–Trinajstić information content (AvgIpc) is 2.70. The molecule has 1 amide bonds. The van der Waals surface area contributed by atoms with E-state index >= 15 is 0 Å². The molecule has 1 N–H and O–H groups in total. The first-order chi connectivity index (χ1) is 7.90. The SMILES string of the molecule is CCN1CCC(CNC(=O)COC(C)(C)C)C1. The van der Waals surface area contributed by atoms with Crippen LogP contribution in [-0.4, -0.2) is 49.2 Å². The fourth-order valence-electron chi connectivity index (χ4n) is 1.96. The molecule has 0 aromatic rings. The molecule has 1 heterocycles. The zero-order valence-electron chi connectivity index (χ0n) is 11.6. The Morgan fingerprint density at radius 1 is 1.47 bits per heavy atom. The van der Waals surface area contributed by atoms with Gasteiger partial charge in [-0.2, -0.15) is 0 Å². The van der Waals surface area contributed by atoms with Crippen LogP contribution in [0.25, 0.3) is 0 Å². The average molecular weight is 242 g/mol. The smallest absolute Gasteiger partial charge is 0.246 e. The zero-order valence-corrected chi connectivity index (χ0v) is 11.6. The lowest BCUT2D eigenvalue weighted by Gasteiger charge is -2.19. The Kier molecular flexibility index (Phi) is 5.40. The van der Waals surface area contributed by atoms with Crippen molar-refractivity contribution in [3.8, 4) is 0 Å². The van der Waals surface area contributed by atoms with Gasteiger partial charge in [0, 0.05) is 13.1 Å².